The lowest BCUT2D eigenvalue weighted by Gasteiger charge is -2.39. The number of rotatable bonds is 5. The van der Waals surface area contributed by atoms with Gasteiger partial charge in [-0.2, -0.15) is 0 Å². The number of halogens is 6. The minimum absolute atomic E-state index is 0.0503. The van der Waals surface area contributed by atoms with Crippen molar-refractivity contribution in [1.82, 2.24) is 9.88 Å². The van der Waals surface area contributed by atoms with Crippen molar-refractivity contribution < 1.29 is 35.9 Å². The summed E-state index contributed by atoms with van der Waals surface area (Å²) in [6.07, 6.45) is -4.73. The minimum atomic E-state index is -4.88. The van der Waals surface area contributed by atoms with Crippen LogP contribution >= 0.6 is 0 Å². The normalized spacial score (nSPS) is 18.5. The zero-order valence-electron chi connectivity index (χ0n) is 16.3. The molecule has 1 atom stereocenters. The number of ether oxygens (including phenoxy) is 1. The Morgan fingerprint density at radius 1 is 1.29 bits per heavy atom. The number of hydrogen-bond donors (Lipinski definition) is 1. The van der Waals surface area contributed by atoms with Crippen molar-refractivity contribution >= 4 is 17.4 Å². The van der Waals surface area contributed by atoms with Gasteiger partial charge in [0.2, 0.25) is 0 Å². The zero-order chi connectivity index (χ0) is 22.8. The lowest BCUT2D eigenvalue weighted by molar-refractivity contribution is -0.274. The Morgan fingerprint density at radius 3 is 2.71 bits per heavy atom. The number of amides is 1. The Hall–Kier alpha value is -2.98. The topological polar surface area (TPSA) is 54.5 Å². The molecule has 0 aliphatic carbocycles. The second-order valence-electron chi connectivity index (χ2n) is 7.12. The van der Waals surface area contributed by atoms with Gasteiger partial charge in [-0.1, -0.05) is 13.0 Å². The Kier molecular flexibility index (Phi) is 6.33. The fourth-order valence-corrected chi connectivity index (χ4v) is 3.37. The Morgan fingerprint density at radius 2 is 2.03 bits per heavy atom. The van der Waals surface area contributed by atoms with E-state index in [9.17, 15) is 31.1 Å². The number of aromatic nitrogens is 1. The number of nitrogens with zero attached hydrogens (tertiary/aromatic N) is 2. The van der Waals surface area contributed by atoms with E-state index < -0.39 is 48.0 Å². The van der Waals surface area contributed by atoms with Gasteiger partial charge in [0.15, 0.2) is 11.5 Å². The molecule has 1 aromatic heterocycles. The molecule has 0 spiro atoms. The molecule has 1 amide bonds. The van der Waals surface area contributed by atoms with Gasteiger partial charge in [-0.25, -0.2) is 18.2 Å². The van der Waals surface area contributed by atoms with Crippen LogP contribution in [0, 0.1) is 5.82 Å². The van der Waals surface area contributed by atoms with E-state index in [-0.39, 0.29) is 24.3 Å². The standard InChI is InChI=1S/C20H19F6N3O2/c1-2-13-8-9-19(22,23)11-29(13)18(30)17-15(21)6-7-16(28-17)27-12-4-3-5-14(10-12)31-20(24,25)26/h3-7,10,13H,2,8-9,11H2,1H3,(H,27,28)/t13-/m0/s1. The molecule has 0 radical (unpaired) electrons. The lowest BCUT2D eigenvalue weighted by atomic mass is 9.97. The van der Waals surface area contributed by atoms with E-state index in [1.54, 1.807) is 6.92 Å². The number of pyridine rings is 1. The van der Waals surface area contributed by atoms with E-state index >= 15 is 0 Å². The SMILES string of the molecule is CC[C@H]1CCC(F)(F)CN1C(=O)c1nc(Nc2cccc(OC(F)(F)F)c2)ccc1F. The van der Waals surface area contributed by atoms with Gasteiger partial charge in [-0.3, -0.25) is 4.79 Å². The molecule has 1 fully saturated rings. The first-order valence-electron chi connectivity index (χ1n) is 9.45. The number of carbonyl (C=O) groups excluding carboxylic acids is 1. The summed E-state index contributed by atoms with van der Waals surface area (Å²) in [7, 11) is 0. The first kappa shape index (κ1) is 22.7. The summed E-state index contributed by atoms with van der Waals surface area (Å²) in [5.74, 6) is -5.58. The molecule has 1 aliphatic heterocycles. The fraction of sp³-hybridized carbons (Fsp3) is 0.400. The summed E-state index contributed by atoms with van der Waals surface area (Å²) >= 11 is 0. The van der Waals surface area contributed by atoms with Crippen molar-refractivity contribution in [2.24, 2.45) is 0 Å². The van der Waals surface area contributed by atoms with E-state index in [0.29, 0.717) is 6.42 Å². The number of nitrogens with one attached hydrogen (secondary N) is 1. The molecule has 2 heterocycles. The summed E-state index contributed by atoms with van der Waals surface area (Å²) in [5.41, 5.74) is -0.515. The quantitative estimate of drug-likeness (QED) is 0.614. The van der Waals surface area contributed by atoms with Crippen LogP contribution in [-0.4, -0.2) is 40.7 Å². The summed E-state index contributed by atoms with van der Waals surface area (Å²) in [6.45, 7) is 0.909. The van der Waals surface area contributed by atoms with Crippen LogP contribution < -0.4 is 10.1 Å². The Balaban J connectivity index is 1.83. The second-order valence-corrected chi connectivity index (χ2v) is 7.12. The van der Waals surface area contributed by atoms with Crippen molar-refractivity contribution in [2.45, 2.75) is 44.5 Å². The molecular weight excluding hydrogens is 428 g/mol. The molecule has 0 saturated carbocycles. The third-order valence-electron chi connectivity index (χ3n) is 4.81. The van der Waals surface area contributed by atoms with Crippen LogP contribution in [0.1, 0.15) is 36.7 Å². The molecule has 0 bridgehead atoms. The highest BCUT2D eigenvalue weighted by Gasteiger charge is 2.42. The molecule has 31 heavy (non-hydrogen) atoms. The predicted molar refractivity (Wildman–Crippen MR) is 99.9 cm³/mol. The zero-order valence-corrected chi connectivity index (χ0v) is 16.3. The average molecular weight is 447 g/mol. The molecule has 1 aromatic carbocycles. The molecule has 0 unspecified atom stereocenters. The molecular formula is C20H19F6N3O2. The highest BCUT2D eigenvalue weighted by atomic mass is 19.4. The lowest BCUT2D eigenvalue weighted by Crippen LogP contribution is -2.51. The van der Waals surface area contributed by atoms with Gasteiger partial charge in [0, 0.05) is 24.2 Å². The molecule has 1 N–H and O–H groups in total. The van der Waals surface area contributed by atoms with Gasteiger partial charge in [0.05, 0.1) is 6.54 Å². The second kappa shape index (κ2) is 8.64. The third-order valence-corrected chi connectivity index (χ3v) is 4.81. The number of piperidine rings is 1. The highest BCUT2D eigenvalue weighted by Crippen LogP contribution is 2.33. The predicted octanol–water partition coefficient (Wildman–Crippen LogP) is 5.51. The first-order chi connectivity index (χ1) is 14.5. The molecule has 1 saturated heterocycles. The summed E-state index contributed by atoms with van der Waals surface area (Å²) in [4.78, 5) is 17.6. The summed E-state index contributed by atoms with van der Waals surface area (Å²) in [5, 5.41) is 2.65. The number of anilines is 2. The van der Waals surface area contributed by atoms with E-state index in [4.69, 9.17) is 0 Å². The molecule has 168 valence electrons. The number of alkyl halides is 5. The van der Waals surface area contributed by atoms with E-state index in [1.165, 1.54) is 18.2 Å². The largest absolute Gasteiger partial charge is 0.573 e. The monoisotopic (exact) mass is 447 g/mol. The van der Waals surface area contributed by atoms with E-state index in [0.717, 1.165) is 23.1 Å². The first-order valence-corrected chi connectivity index (χ1v) is 9.45. The van der Waals surface area contributed by atoms with Crippen LogP contribution in [0.2, 0.25) is 0 Å². The molecule has 2 aromatic rings. The van der Waals surface area contributed by atoms with Crippen molar-refractivity contribution in [3.8, 4) is 5.75 Å². The van der Waals surface area contributed by atoms with Crippen molar-refractivity contribution in [2.75, 3.05) is 11.9 Å². The van der Waals surface area contributed by atoms with Crippen molar-refractivity contribution in [1.29, 1.82) is 0 Å². The van der Waals surface area contributed by atoms with Gasteiger partial charge in [-0.15, -0.1) is 13.2 Å². The maximum atomic E-state index is 14.3. The van der Waals surface area contributed by atoms with E-state index in [1.807, 2.05) is 0 Å². The number of carbonyl (C=O) groups is 1. The van der Waals surface area contributed by atoms with Crippen LogP contribution in [0.5, 0.6) is 5.75 Å². The molecule has 3 rings (SSSR count). The van der Waals surface area contributed by atoms with Crippen LogP contribution in [0.15, 0.2) is 36.4 Å². The van der Waals surface area contributed by atoms with Gasteiger partial charge in [-0.05, 0) is 37.1 Å². The van der Waals surface area contributed by atoms with Crippen molar-refractivity contribution in [3.05, 3.63) is 47.9 Å². The number of hydrogen-bond acceptors (Lipinski definition) is 4. The average Bonchev–Trinajstić information content (AvgIpc) is 2.67. The van der Waals surface area contributed by atoms with Crippen LogP contribution in [0.3, 0.4) is 0 Å². The van der Waals surface area contributed by atoms with Crippen LogP contribution in [0.4, 0.5) is 37.8 Å². The summed E-state index contributed by atoms with van der Waals surface area (Å²) in [6, 6.07) is 6.47. The number of benzene rings is 1. The van der Waals surface area contributed by atoms with Gasteiger partial charge < -0.3 is 15.0 Å². The fourth-order valence-electron chi connectivity index (χ4n) is 3.37. The Bertz CT molecular complexity index is 951. The van der Waals surface area contributed by atoms with Crippen LogP contribution in [-0.2, 0) is 0 Å². The maximum Gasteiger partial charge on any atom is 0.573 e. The van der Waals surface area contributed by atoms with Gasteiger partial charge >= 0.3 is 6.36 Å². The molecule has 11 heteroatoms. The smallest absolute Gasteiger partial charge is 0.406 e. The molecule has 5 nitrogen and oxygen atoms in total. The molecule has 1 aliphatic rings. The minimum Gasteiger partial charge on any atom is -0.406 e. The van der Waals surface area contributed by atoms with Gasteiger partial charge in [0.1, 0.15) is 11.6 Å². The maximum absolute atomic E-state index is 14.3. The summed E-state index contributed by atoms with van der Waals surface area (Å²) < 4.78 is 83.0. The van der Waals surface area contributed by atoms with E-state index in [2.05, 4.69) is 15.0 Å². The van der Waals surface area contributed by atoms with Crippen LogP contribution in [0.25, 0.3) is 0 Å². The van der Waals surface area contributed by atoms with Crippen molar-refractivity contribution in [3.63, 3.8) is 0 Å². The highest BCUT2D eigenvalue weighted by molar-refractivity contribution is 5.93. The number of likely N-dealkylation sites (tertiary alicyclic amines) is 1. The third kappa shape index (κ3) is 5.80. The van der Waals surface area contributed by atoms with Gasteiger partial charge in [0.25, 0.3) is 11.8 Å². The Labute approximate surface area is 174 Å².